The molecule has 2 rings (SSSR count). The van der Waals surface area contributed by atoms with Crippen LogP contribution in [-0.4, -0.2) is 60.3 Å². The Morgan fingerprint density at radius 2 is 1.77 bits per heavy atom. The Hall–Kier alpha value is -2.23. The first-order chi connectivity index (χ1) is 11.8. The number of nitrogens with zero attached hydrogens (tertiary/aromatic N) is 1. The number of fused-ring (bicyclic) bond motifs is 1. The van der Waals surface area contributed by atoms with Crippen LogP contribution in [-0.2, 0) is 38.5 Å². The maximum absolute atomic E-state index is 12.6. The van der Waals surface area contributed by atoms with Gasteiger partial charge in [0.25, 0.3) is 0 Å². The molecule has 1 saturated heterocycles. The summed E-state index contributed by atoms with van der Waals surface area (Å²) in [4.78, 5) is 48.5. The van der Waals surface area contributed by atoms with Gasteiger partial charge >= 0.3 is 11.9 Å². The van der Waals surface area contributed by atoms with E-state index in [1.54, 1.807) is 20.8 Å². The normalized spacial score (nSPS) is 24.5. The molecular weight excluding hydrogens is 366 g/mol. The molecule has 0 aromatic carbocycles. The van der Waals surface area contributed by atoms with E-state index in [4.69, 9.17) is 9.47 Å². The van der Waals surface area contributed by atoms with Crippen LogP contribution in [0.4, 0.5) is 0 Å². The van der Waals surface area contributed by atoms with Gasteiger partial charge < -0.3 is 9.47 Å². The number of ketones is 1. The zero-order valence-corrected chi connectivity index (χ0v) is 16.0. The van der Waals surface area contributed by atoms with Gasteiger partial charge in [0.15, 0.2) is 15.2 Å². The summed E-state index contributed by atoms with van der Waals surface area (Å²) in [5, 5.41) is -1.43. The third-order valence-corrected chi connectivity index (χ3v) is 5.81. The minimum absolute atomic E-state index is 0.0546. The van der Waals surface area contributed by atoms with Gasteiger partial charge in [0.05, 0.1) is 5.75 Å². The second-order valence-corrected chi connectivity index (χ2v) is 9.33. The number of Topliss-reactive ketones (excluding diaryl/α,β-unsaturated/α-hetero) is 1. The average molecular weight is 387 g/mol. The fraction of sp³-hybridized carbons (Fsp3) is 0.625. The van der Waals surface area contributed by atoms with Crippen molar-refractivity contribution in [1.29, 1.82) is 0 Å². The Labute approximate surface area is 151 Å². The maximum Gasteiger partial charge on any atom is 0.355 e. The number of carbonyl (C=O) groups excluding carboxylic acids is 4. The van der Waals surface area contributed by atoms with Gasteiger partial charge in [-0.25, -0.2) is 13.2 Å². The quantitative estimate of drug-likeness (QED) is 0.373. The van der Waals surface area contributed by atoms with Gasteiger partial charge in [-0.05, 0) is 27.7 Å². The number of ether oxygens (including phenoxy) is 2. The van der Waals surface area contributed by atoms with Crippen molar-refractivity contribution in [2.24, 2.45) is 5.92 Å². The van der Waals surface area contributed by atoms with Crippen LogP contribution in [0.15, 0.2) is 11.3 Å². The van der Waals surface area contributed by atoms with Crippen LogP contribution in [0.3, 0.4) is 0 Å². The monoisotopic (exact) mass is 387 g/mol. The van der Waals surface area contributed by atoms with Gasteiger partial charge in [-0.2, -0.15) is 0 Å². The summed E-state index contributed by atoms with van der Waals surface area (Å²) in [6, 6.07) is 0. The topological polar surface area (TPSA) is 124 Å². The minimum Gasteiger partial charge on any atom is -0.461 e. The molecule has 9 nitrogen and oxygen atoms in total. The first-order valence-electron chi connectivity index (χ1n) is 7.90. The SMILES string of the molecule is CC(=O)OCC1=C(C(=O)OC(C)(C)C)N2C(=O)[C@@H](C(C)=O)C2S(=O)(=O)C1. The van der Waals surface area contributed by atoms with Gasteiger partial charge in [0.2, 0.25) is 5.91 Å². The molecule has 10 heteroatoms. The highest BCUT2D eigenvalue weighted by Gasteiger charge is 2.62. The van der Waals surface area contributed by atoms with E-state index in [1.807, 2.05) is 0 Å². The molecule has 2 atom stereocenters. The molecule has 2 heterocycles. The summed E-state index contributed by atoms with van der Waals surface area (Å²) >= 11 is 0. The summed E-state index contributed by atoms with van der Waals surface area (Å²) < 4.78 is 35.2. The lowest BCUT2D eigenvalue weighted by Gasteiger charge is -2.48. The number of amides is 1. The Bertz CT molecular complexity index is 818. The molecule has 26 heavy (non-hydrogen) atoms. The van der Waals surface area contributed by atoms with Crippen molar-refractivity contribution in [3.8, 4) is 0 Å². The summed E-state index contributed by atoms with van der Waals surface area (Å²) in [5.41, 5.74) is -1.22. The zero-order chi connectivity index (χ0) is 20.0. The summed E-state index contributed by atoms with van der Waals surface area (Å²) in [7, 11) is -3.93. The lowest BCUT2D eigenvalue weighted by atomic mass is 9.92. The van der Waals surface area contributed by atoms with Crippen LogP contribution in [0.25, 0.3) is 0 Å². The molecule has 2 aliphatic heterocycles. The highest BCUT2D eigenvalue weighted by molar-refractivity contribution is 7.92. The van der Waals surface area contributed by atoms with Crippen molar-refractivity contribution >= 4 is 33.5 Å². The van der Waals surface area contributed by atoms with Gasteiger partial charge in [-0.15, -0.1) is 0 Å². The van der Waals surface area contributed by atoms with E-state index in [-0.39, 0.29) is 11.3 Å². The van der Waals surface area contributed by atoms with E-state index < -0.39 is 62.7 Å². The standard InChI is InChI=1S/C16H21NO8S/c1-8(18)11-13(20)17-12(15(21)25-16(3,4)5)10(6-24-9(2)19)7-26(22,23)14(11)17/h11,14H,6-7H2,1-5H3/t11-,14?/m1/s1. The summed E-state index contributed by atoms with van der Waals surface area (Å²) in [6.45, 7) is 6.64. The van der Waals surface area contributed by atoms with Crippen LogP contribution in [0.2, 0.25) is 0 Å². The third-order valence-electron chi connectivity index (χ3n) is 3.84. The third kappa shape index (κ3) is 3.64. The van der Waals surface area contributed by atoms with Crippen LogP contribution in [0, 0.1) is 5.92 Å². The van der Waals surface area contributed by atoms with E-state index in [0.29, 0.717) is 0 Å². The zero-order valence-electron chi connectivity index (χ0n) is 15.2. The molecule has 1 unspecified atom stereocenters. The van der Waals surface area contributed by atoms with Gasteiger partial charge in [0, 0.05) is 12.5 Å². The molecule has 0 saturated carbocycles. The van der Waals surface area contributed by atoms with E-state index in [2.05, 4.69) is 0 Å². The predicted molar refractivity (Wildman–Crippen MR) is 88.1 cm³/mol. The molecule has 0 aliphatic carbocycles. The lowest BCUT2D eigenvalue weighted by Crippen LogP contribution is -2.69. The maximum atomic E-state index is 12.6. The molecule has 0 N–H and O–H groups in total. The molecule has 0 aromatic heterocycles. The van der Waals surface area contributed by atoms with Gasteiger partial charge in [-0.1, -0.05) is 0 Å². The van der Waals surface area contributed by atoms with Crippen molar-refractivity contribution in [3.05, 3.63) is 11.3 Å². The predicted octanol–water partition coefficient (Wildman–Crippen LogP) is -0.0528. The van der Waals surface area contributed by atoms with Crippen molar-refractivity contribution < 1.29 is 37.1 Å². The summed E-state index contributed by atoms with van der Waals surface area (Å²) in [6.07, 6.45) is 0. The first kappa shape index (κ1) is 20.1. The van der Waals surface area contributed by atoms with Crippen molar-refractivity contribution in [2.45, 2.75) is 45.6 Å². The molecule has 0 aromatic rings. The van der Waals surface area contributed by atoms with Crippen LogP contribution < -0.4 is 0 Å². The number of β-lactam (4-membered cyclic amide) rings is 1. The van der Waals surface area contributed by atoms with Gasteiger partial charge in [-0.3, -0.25) is 19.3 Å². The number of hydrogen-bond donors (Lipinski definition) is 0. The number of esters is 2. The number of hydrogen-bond acceptors (Lipinski definition) is 8. The van der Waals surface area contributed by atoms with Crippen LogP contribution in [0.5, 0.6) is 0 Å². The summed E-state index contributed by atoms with van der Waals surface area (Å²) in [5.74, 6) is -4.90. The van der Waals surface area contributed by atoms with Crippen molar-refractivity contribution in [2.75, 3.05) is 12.4 Å². The minimum atomic E-state index is -3.93. The Morgan fingerprint density at radius 3 is 2.23 bits per heavy atom. The fourth-order valence-corrected chi connectivity index (χ4v) is 5.01. The highest BCUT2D eigenvalue weighted by atomic mass is 32.2. The molecule has 144 valence electrons. The molecule has 0 bridgehead atoms. The molecule has 1 fully saturated rings. The van der Waals surface area contributed by atoms with Crippen molar-refractivity contribution in [1.82, 2.24) is 4.90 Å². The molecular formula is C16H21NO8S. The van der Waals surface area contributed by atoms with Crippen LogP contribution >= 0.6 is 0 Å². The van der Waals surface area contributed by atoms with Crippen LogP contribution in [0.1, 0.15) is 34.6 Å². The number of rotatable bonds is 4. The van der Waals surface area contributed by atoms with E-state index in [9.17, 15) is 27.6 Å². The Morgan fingerprint density at radius 1 is 1.19 bits per heavy atom. The average Bonchev–Trinajstić information content (AvgIpc) is 2.42. The van der Waals surface area contributed by atoms with E-state index in [1.165, 1.54) is 0 Å². The van der Waals surface area contributed by atoms with Crippen molar-refractivity contribution in [3.63, 3.8) is 0 Å². The Kier molecular flexibility index (Phi) is 5.02. The van der Waals surface area contributed by atoms with E-state index >= 15 is 0 Å². The number of sulfone groups is 1. The first-order valence-corrected chi connectivity index (χ1v) is 9.61. The fourth-order valence-electron chi connectivity index (χ4n) is 2.88. The van der Waals surface area contributed by atoms with Gasteiger partial charge in [0.1, 0.15) is 29.6 Å². The number of carbonyl (C=O) groups is 4. The second-order valence-electron chi connectivity index (χ2n) is 7.23. The molecule has 2 aliphatic rings. The molecule has 0 radical (unpaired) electrons. The molecule has 0 spiro atoms. The highest BCUT2D eigenvalue weighted by Crippen LogP contribution is 2.41. The largest absolute Gasteiger partial charge is 0.461 e. The smallest absolute Gasteiger partial charge is 0.355 e. The van der Waals surface area contributed by atoms with E-state index in [0.717, 1.165) is 18.7 Å². The lowest BCUT2D eigenvalue weighted by molar-refractivity contribution is -0.163. The second kappa shape index (κ2) is 6.49. The Balaban J connectivity index is 2.53. The molecule has 1 amide bonds.